The predicted octanol–water partition coefficient (Wildman–Crippen LogP) is 3.33. The van der Waals surface area contributed by atoms with Gasteiger partial charge in [-0.2, -0.15) is 0 Å². The van der Waals surface area contributed by atoms with Crippen LogP contribution in [-0.2, 0) is 6.42 Å². The molecule has 31 heavy (non-hydrogen) atoms. The molecule has 1 saturated heterocycles. The number of benzene rings is 1. The van der Waals surface area contributed by atoms with Gasteiger partial charge in [0.05, 0.1) is 6.20 Å². The van der Waals surface area contributed by atoms with E-state index in [4.69, 9.17) is 0 Å². The van der Waals surface area contributed by atoms with E-state index in [1.807, 2.05) is 12.1 Å². The highest BCUT2D eigenvalue weighted by atomic mass is 16.2. The summed E-state index contributed by atoms with van der Waals surface area (Å²) in [7, 11) is 0. The summed E-state index contributed by atoms with van der Waals surface area (Å²) in [6.45, 7) is 2.63. The van der Waals surface area contributed by atoms with E-state index in [9.17, 15) is 4.79 Å². The number of unbranched alkanes of at least 4 members (excludes halogenated alkanes) is 1. The van der Waals surface area contributed by atoms with Gasteiger partial charge in [0.15, 0.2) is 5.65 Å². The van der Waals surface area contributed by atoms with Crippen molar-refractivity contribution in [3.63, 3.8) is 0 Å². The van der Waals surface area contributed by atoms with Crippen molar-refractivity contribution in [2.24, 2.45) is 0 Å². The summed E-state index contributed by atoms with van der Waals surface area (Å²) in [5.74, 6) is 1.18. The molecule has 0 saturated carbocycles. The summed E-state index contributed by atoms with van der Waals surface area (Å²) in [6, 6.07) is 14.1. The molecule has 0 unspecified atom stereocenters. The number of carbonyl (C=O) groups excluding carboxylic acids is 1. The number of nitrogens with one attached hydrogen (secondary N) is 4. The monoisotopic (exact) mass is 419 g/mol. The second kappa shape index (κ2) is 10.7. The number of carbonyl (C=O) groups is 1. The molecule has 0 aliphatic carbocycles. The lowest BCUT2D eigenvalue weighted by atomic mass is 10.1. The van der Waals surface area contributed by atoms with Crippen LogP contribution in [0.4, 0.5) is 16.4 Å². The van der Waals surface area contributed by atoms with Gasteiger partial charge < -0.3 is 16.0 Å². The van der Waals surface area contributed by atoms with Crippen LogP contribution in [-0.4, -0.2) is 46.7 Å². The van der Waals surface area contributed by atoms with Crippen LogP contribution in [0.3, 0.4) is 0 Å². The molecule has 3 aromatic rings. The van der Waals surface area contributed by atoms with Gasteiger partial charge in [-0.15, -0.1) is 0 Å². The average Bonchev–Trinajstić information content (AvgIpc) is 2.80. The lowest BCUT2D eigenvalue weighted by Gasteiger charge is -2.23. The van der Waals surface area contributed by atoms with Crippen LogP contribution in [0.5, 0.6) is 0 Å². The number of aromatic nitrogens is 3. The maximum atomic E-state index is 12.2. The number of nitrogens with zero attached hydrogens (tertiary/aromatic N) is 3. The lowest BCUT2D eigenvalue weighted by molar-refractivity contribution is 0.252. The van der Waals surface area contributed by atoms with Crippen LogP contribution in [0.15, 0.2) is 48.7 Å². The molecule has 1 aromatic carbocycles. The number of hydrogen-bond donors (Lipinski definition) is 4. The van der Waals surface area contributed by atoms with E-state index in [-0.39, 0.29) is 6.03 Å². The molecule has 2 amide bonds. The molecule has 1 fully saturated rings. The van der Waals surface area contributed by atoms with Gasteiger partial charge in [-0.05, 0) is 62.9 Å². The van der Waals surface area contributed by atoms with Crippen molar-refractivity contribution in [1.29, 1.82) is 0 Å². The van der Waals surface area contributed by atoms with Crippen LogP contribution in [0.2, 0.25) is 0 Å². The summed E-state index contributed by atoms with van der Waals surface area (Å²) in [5.41, 5.74) is 2.53. The summed E-state index contributed by atoms with van der Waals surface area (Å²) in [6.07, 6.45) is 6.82. The van der Waals surface area contributed by atoms with Crippen LogP contribution < -0.4 is 21.3 Å². The first-order chi connectivity index (χ1) is 15.3. The van der Waals surface area contributed by atoms with Gasteiger partial charge in [-0.3, -0.25) is 5.32 Å². The number of aryl methyl sites for hydroxylation is 1. The highest BCUT2D eigenvalue weighted by molar-refractivity contribution is 5.89. The number of hydrogen-bond acceptors (Lipinski definition) is 6. The molecule has 3 heterocycles. The zero-order valence-electron chi connectivity index (χ0n) is 17.6. The molecule has 4 rings (SSSR count). The van der Waals surface area contributed by atoms with E-state index in [0.717, 1.165) is 45.2 Å². The molecule has 8 nitrogen and oxygen atoms in total. The molecular formula is C23H29N7O. The molecule has 2 aromatic heterocycles. The van der Waals surface area contributed by atoms with Gasteiger partial charge in [-0.25, -0.2) is 19.7 Å². The van der Waals surface area contributed by atoms with Crippen LogP contribution in [0.1, 0.15) is 31.2 Å². The number of fused-ring (bicyclic) bond motifs is 1. The Morgan fingerprint density at radius 2 is 1.81 bits per heavy atom. The van der Waals surface area contributed by atoms with Crippen LogP contribution in [0.25, 0.3) is 11.2 Å². The van der Waals surface area contributed by atoms with Crippen molar-refractivity contribution in [1.82, 2.24) is 25.6 Å². The van der Waals surface area contributed by atoms with Crippen molar-refractivity contribution in [2.45, 2.75) is 38.1 Å². The van der Waals surface area contributed by atoms with E-state index in [1.165, 1.54) is 5.56 Å². The molecular weight excluding hydrogens is 390 g/mol. The van der Waals surface area contributed by atoms with Crippen LogP contribution in [0, 0.1) is 0 Å². The lowest BCUT2D eigenvalue weighted by Crippen LogP contribution is -2.35. The number of urea groups is 1. The first-order valence-electron chi connectivity index (χ1n) is 11.0. The number of anilines is 2. The normalized spacial score (nSPS) is 14.3. The molecule has 162 valence electrons. The second-order valence-electron chi connectivity index (χ2n) is 7.79. The topological polar surface area (TPSA) is 104 Å². The Bertz CT molecular complexity index is 990. The van der Waals surface area contributed by atoms with Crippen molar-refractivity contribution < 1.29 is 4.79 Å². The third-order valence-corrected chi connectivity index (χ3v) is 5.36. The standard InChI is InChI=1S/C23H29N7O/c31-23(25-13-5-4-8-17-6-2-1-3-7-17)30-20-10-9-19-22(28-20)29-21(16-26-19)27-18-11-14-24-15-12-18/h1-3,6-7,9-10,16,18,24H,4-5,8,11-15H2,(H3,25,27,28,29,30,31). The molecule has 1 aliphatic rings. The maximum Gasteiger partial charge on any atom is 0.320 e. The highest BCUT2D eigenvalue weighted by Gasteiger charge is 2.14. The Balaban J connectivity index is 1.25. The summed E-state index contributed by atoms with van der Waals surface area (Å²) >= 11 is 0. The molecule has 4 N–H and O–H groups in total. The van der Waals surface area contributed by atoms with Crippen molar-refractivity contribution in [2.75, 3.05) is 30.3 Å². The Labute approximate surface area is 182 Å². The fourth-order valence-electron chi connectivity index (χ4n) is 3.67. The first-order valence-corrected chi connectivity index (χ1v) is 11.0. The maximum absolute atomic E-state index is 12.2. The van der Waals surface area contributed by atoms with Crippen molar-refractivity contribution in [3.8, 4) is 0 Å². The summed E-state index contributed by atoms with van der Waals surface area (Å²) < 4.78 is 0. The minimum atomic E-state index is -0.261. The van der Waals surface area contributed by atoms with E-state index >= 15 is 0 Å². The Kier molecular flexibility index (Phi) is 7.23. The number of rotatable bonds is 8. The zero-order valence-corrected chi connectivity index (χ0v) is 17.6. The number of pyridine rings is 1. The van der Waals surface area contributed by atoms with Gasteiger partial charge in [0.25, 0.3) is 0 Å². The minimum Gasteiger partial charge on any atom is -0.366 e. The van der Waals surface area contributed by atoms with E-state index < -0.39 is 0 Å². The third kappa shape index (κ3) is 6.36. The third-order valence-electron chi connectivity index (χ3n) is 5.36. The number of amides is 2. The van der Waals surface area contributed by atoms with Gasteiger partial charge in [0, 0.05) is 12.6 Å². The molecule has 1 aliphatic heterocycles. The number of piperidine rings is 1. The molecule has 0 spiro atoms. The van der Waals surface area contributed by atoms with Gasteiger partial charge >= 0.3 is 6.03 Å². The Hall–Kier alpha value is -3.26. The smallest absolute Gasteiger partial charge is 0.320 e. The first kappa shape index (κ1) is 21.0. The molecule has 8 heteroatoms. The predicted molar refractivity (Wildman–Crippen MR) is 123 cm³/mol. The SMILES string of the molecule is O=C(NCCCCc1ccccc1)Nc1ccc2ncc(NC3CCNCC3)nc2n1. The summed E-state index contributed by atoms with van der Waals surface area (Å²) in [4.78, 5) is 25.7. The van der Waals surface area contributed by atoms with Gasteiger partial charge in [0.2, 0.25) is 0 Å². The van der Waals surface area contributed by atoms with E-state index in [2.05, 4.69) is 60.5 Å². The molecule has 0 bridgehead atoms. The van der Waals surface area contributed by atoms with E-state index in [0.29, 0.717) is 35.4 Å². The fourth-order valence-corrected chi connectivity index (χ4v) is 3.67. The second-order valence-corrected chi connectivity index (χ2v) is 7.79. The van der Waals surface area contributed by atoms with Crippen molar-refractivity contribution >= 4 is 28.8 Å². The average molecular weight is 420 g/mol. The quantitative estimate of drug-likeness (QED) is 0.418. The molecule has 0 atom stereocenters. The zero-order chi connectivity index (χ0) is 21.3. The van der Waals surface area contributed by atoms with Crippen LogP contribution >= 0.6 is 0 Å². The fraction of sp³-hybridized carbons (Fsp3) is 0.391. The highest BCUT2D eigenvalue weighted by Crippen LogP contribution is 2.16. The molecule has 0 radical (unpaired) electrons. The van der Waals surface area contributed by atoms with Gasteiger partial charge in [-0.1, -0.05) is 30.3 Å². The Morgan fingerprint density at radius 1 is 1.00 bits per heavy atom. The van der Waals surface area contributed by atoms with Crippen molar-refractivity contribution in [3.05, 3.63) is 54.2 Å². The van der Waals surface area contributed by atoms with Gasteiger partial charge in [0.1, 0.15) is 17.2 Å². The Morgan fingerprint density at radius 3 is 2.65 bits per heavy atom. The summed E-state index contributed by atoms with van der Waals surface area (Å²) in [5, 5.41) is 12.5. The van der Waals surface area contributed by atoms with E-state index in [1.54, 1.807) is 12.3 Å². The largest absolute Gasteiger partial charge is 0.366 e. The minimum absolute atomic E-state index is 0.261.